The molecule has 0 unspecified atom stereocenters. The molecule has 22 heavy (non-hydrogen) atoms. The minimum atomic E-state index is 0.270. The van der Waals surface area contributed by atoms with Gasteiger partial charge in [0.2, 0.25) is 5.91 Å². The normalized spacial score (nSPS) is 21.0. The summed E-state index contributed by atoms with van der Waals surface area (Å²) in [6, 6.07) is 8.76. The van der Waals surface area contributed by atoms with Crippen LogP contribution >= 0.6 is 0 Å². The number of likely N-dealkylation sites (tertiary alicyclic amines) is 2. The van der Waals surface area contributed by atoms with Crippen LogP contribution in [0.25, 0.3) is 0 Å². The lowest BCUT2D eigenvalue weighted by atomic mass is 9.94. The number of aryl methyl sites for hydroxylation is 1. The second kappa shape index (κ2) is 7.28. The van der Waals surface area contributed by atoms with E-state index in [0.717, 1.165) is 45.6 Å². The van der Waals surface area contributed by atoms with Crippen molar-refractivity contribution < 1.29 is 4.79 Å². The first kappa shape index (κ1) is 15.5. The third-order valence-electron chi connectivity index (χ3n) is 5.09. The zero-order valence-corrected chi connectivity index (χ0v) is 13.8. The number of rotatable bonds is 3. The second-order valence-electron chi connectivity index (χ2n) is 6.93. The SMILES string of the molecule is Cc1cccc(CN2CCC(C(=O)N3CCCCC3)CC2)c1. The summed E-state index contributed by atoms with van der Waals surface area (Å²) in [4.78, 5) is 17.2. The molecule has 120 valence electrons. The molecule has 1 aromatic carbocycles. The molecule has 0 saturated carbocycles. The molecule has 3 heteroatoms. The van der Waals surface area contributed by atoms with E-state index in [9.17, 15) is 4.79 Å². The summed E-state index contributed by atoms with van der Waals surface area (Å²) in [6.45, 7) is 7.25. The smallest absolute Gasteiger partial charge is 0.225 e. The van der Waals surface area contributed by atoms with Crippen molar-refractivity contribution >= 4 is 5.91 Å². The van der Waals surface area contributed by atoms with Crippen LogP contribution < -0.4 is 0 Å². The molecule has 3 rings (SSSR count). The lowest BCUT2D eigenvalue weighted by Gasteiger charge is -2.35. The Kier molecular flexibility index (Phi) is 5.14. The molecule has 3 nitrogen and oxygen atoms in total. The zero-order valence-electron chi connectivity index (χ0n) is 13.8. The molecule has 2 heterocycles. The van der Waals surface area contributed by atoms with Gasteiger partial charge in [-0.25, -0.2) is 0 Å². The van der Waals surface area contributed by atoms with Gasteiger partial charge in [-0.1, -0.05) is 29.8 Å². The topological polar surface area (TPSA) is 23.6 Å². The minimum absolute atomic E-state index is 0.270. The van der Waals surface area contributed by atoms with Crippen molar-refractivity contribution in [2.45, 2.75) is 45.6 Å². The van der Waals surface area contributed by atoms with E-state index in [-0.39, 0.29) is 5.92 Å². The highest BCUT2D eigenvalue weighted by molar-refractivity contribution is 5.79. The first-order valence-electron chi connectivity index (χ1n) is 8.79. The Balaban J connectivity index is 1.48. The summed E-state index contributed by atoms with van der Waals surface area (Å²) < 4.78 is 0. The van der Waals surface area contributed by atoms with Crippen molar-refractivity contribution in [3.63, 3.8) is 0 Å². The highest BCUT2D eigenvalue weighted by atomic mass is 16.2. The summed E-state index contributed by atoms with van der Waals surface area (Å²) in [5.41, 5.74) is 2.72. The van der Waals surface area contributed by atoms with Gasteiger partial charge in [0.1, 0.15) is 0 Å². The van der Waals surface area contributed by atoms with E-state index in [2.05, 4.69) is 41.0 Å². The van der Waals surface area contributed by atoms with Gasteiger partial charge in [0.15, 0.2) is 0 Å². The third kappa shape index (κ3) is 3.89. The lowest BCUT2D eigenvalue weighted by molar-refractivity contribution is -0.138. The average molecular weight is 300 g/mol. The maximum atomic E-state index is 12.6. The number of carbonyl (C=O) groups excluding carboxylic acids is 1. The van der Waals surface area contributed by atoms with E-state index in [1.165, 1.54) is 30.4 Å². The van der Waals surface area contributed by atoms with Crippen LogP contribution in [0.3, 0.4) is 0 Å². The first-order chi connectivity index (χ1) is 10.7. The Bertz CT molecular complexity index is 500. The number of hydrogen-bond acceptors (Lipinski definition) is 2. The van der Waals surface area contributed by atoms with Crippen LogP contribution in [-0.2, 0) is 11.3 Å². The maximum Gasteiger partial charge on any atom is 0.225 e. The third-order valence-corrected chi connectivity index (χ3v) is 5.09. The van der Waals surface area contributed by atoms with Gasteiger partial charge >= 0.3 is 0 Å². The van der Waals surface area contributed by atoms with E-state index in [1.54, 1.807) is 0 Å². The highest BCUT2D eigenvalue weighted by Crippen LogP contribution is 2.23. The van der Waals surface area contributed by atoms with Crippen molar-refractivity contribution in [2.24, 2.45) is 5.92 Å². The molecule has 0 aliphatic carbocycles. The number of carbonyl (C=O) groups is 1. The van der Waals surface area contributed by atoms with Gasteiger partial charge in [-0.15, -0.1) is 0 Å². The molecule has 0 aromatic heterocycles. The van der Waals surface area contributed by atoms with Crippen LogP contribution in [0.5, 0.6) is 0 Å². The van der Waals surface area contributed by atoms with Crippen molar-refractivity contribution in [2.75, 3.05) is 26.2 Å². The molecule has 0 bridgehead atoms. The quantitative estimate of drug-likeness (QED) is 0.856. The van der Waals surface area contributed by atoms with Crippen LogP contribution in [0.4, 0.5) is 0 Å². The fraction of sp³-hybridized carbons (Fsp3) is 0.632. The molecule has 1 amide bonds. The minimum Gasteiger partial charge on any atom is -0.342 e. The van der Waals surface area contributed by atoms with E-state index >= 15 is 0 Å². The summed E-state index contributed by atoms with van der Waals surface area (Å²) in [5.74, 6) is 0.696. The Morgan fingerprint density at radius 2 is 1.82 bits per heavy atom. The molecule has 0 spiro atoms. The molecule has 0 radical (unpaired) electrons. The predicted molar refractivity (Wildman–Crippen MR) is 89.6 cm³/mol. The van der Waals surface area contributed by atoms with E-state index < -0.39 is 0 Å². The Hall–Kier alpha value is -1.35. The maximum absolute atomic E-state index is 12.6. The van der Waals surface area contributed by atoms with E-state index in [0.29, 0.717) is 5.91 Å². The summed E-state index contributed by atoms with van der Waals surface area (Å²) in [7, 11) is 0. The van der Waals surface area contributed by atoms with Crippen LogP contribution in [-0.4, -0.2) is 41.9 Å². The van der Waals surface area contributed by atoms with Crippen LogP contribution in [0.2, 0.25) is 0 Å². The van der Waals surface area contributed by atoms with Gasteiger partial charge in [0, 0.05) is 25.6 Å². The standard InChI is InChI=1S/C19H28N2O/c1-16-6-5-7-17(14-16)15-20-12-8-18(9-13-20)19(22)21-10-3-2-4-11-21/h5-7,14,18H,2-4,8-13,15H2,1H3. The van der Waals surface area contributed by atoms with Crippen molar-refractivity contribution in [3.8, 4) is 0 Å². The van der Waals surface area contributed by atoms with Crippen molar-refractivity contribution in [1.82, 2.24) is 9.80 Å². The van der Waals surface area contributed by atoms with Crippen molar-refractivity contribution in [1.29, 1.82) is 0 Å². The van der Waals surface area contributed by atoms with E-state index in [1.807, 2.05) is 0 Å². The van der Waals surface area contributed by atoms with Gasteiger partial charge < -0.3 is 4.90 Å². The molecule has 2 saturated heterocycles. The molecular weight excluding hydrogens is 272 g/mol. The van der Waals surface area contributed by atoms with Gasteiger partial charge in [-0.3, -0.25) is 9.69 Å². The predicted octanol–water partition coefficient (Wildman–Crippen LogP) is 3.22. The number of nitrogens with zero attached hydrogens (tertiary/aromatic N) is 2. The van der Waals surface area contributed by atoms with E-state index in [4.69, 9.17) is 0 Å². The van der Waals surface area contributed by atoms with Crippen LogP contribution in [0, 0.1) is 12.8 Å². The number of amides is 1. The first-order valence-corrected chi connectivity index (χ1v) is 8.79. The summed E-state index contributed by atoms with van der Waals surface area (Å²) in [5, 5.41) is 0. The molecule has 2 fully saturated rings. The average Bonchev–Trinajstić information content (AvgIpc) is 2.56. The molecule has 2 aliphatic rings. The summed E-state index contributed by atoms with van der Waals surface area (Å²) >= 11 is 0. The zero-order chi connectivity index (χ0) is 15.4. The number of benzene rings is 1. The molecule has 0 N–H and O–H groups in total. The monoisotopic (exact) mass is 300 g/mol. The van der Waals surface area contributed by atoms with Gasteiger partial charge in [-0.05, 0) is 57.7 Å². The summed E-state index contributed by atoms with van der Waals surface area (Å²) in [6.07, 6.45) is 5.73. The number of piperidine rings is 2. The fourth-order valence-electron chi connectivity index (χ4n) is 3.78. The fourth-order valence-corrected chi connectivity index (χ4v) is 3.78. The van der Waals surface area contributed by atoms with Crippen molar-refractivity contribution in [3.05, 3.63) is 35.4 Å². The molecule has 0 atom stereocenters. The lowest BCUT2D eigenvalue weighted by Crippen LogP contribution is -2.44. The largest absolute Gasteiger partial charge is 0.342 e. The van der Waals surface area contributed by atoms with Crippen LogP contribution in [0.1, 0.15) is 43.2 Å². The molecular formula is C19H28N2O. The second-order valence-corrected chi connectivity index (χ2v) is 6.93. The Morgan fingerprint density at radius 3 is 2.50 bits per heavy atom. The van der Waals surface area contributed by atoms with Gasteiger partial charge in [0.25, 0.3) is 0 Å². The van der Waals surface area contributed by atoms with Gasteiger partial charge in [0.05, 0.1) is 0 Å². The highest BCUT2D eigenvalue weighted by Gasteiger charge is 2.29. The molecule has 2 aliphatic heterocycles. The molecule has 1 aromatic rings. The Morgan fingerprint density at radius 1 is 1.09 bits per heavy atom. The van der Waals surface area contributed by atoms with Gasteiger partial charge in [-0.2, -0.15) is 0 Å². The Labute approximate surface area is 134 Å². The number of hydrogen-bond donors (Lipinski definition) is 0. The van der Waals surface area contributed by atoms with Crippen LogP contribution in [0.15, 0.2) is 24.3 Å².